The highest BCUT2D eigenvalue weighted by Crippen LogP contribution is 2.26. The van der Waals surface area contributed by atoms with Crippen LogP contribution in [0.5, 0.6) is 5.75 Å². The Labute approximate surface area is 133 Å². The van der Waals surface area contributed by atoms with E-state index < -0.39 is 0 Å². The molecule has 5 nitrogen and oxygen atoms in total. The number of aromatic nitrogens is 1. The number of hydrogen-bond acceptors (Lipinski definition) is 5. The van der Waals surface area contributed by atoms with Crippen molar-refractivity contribution in [1.82, 2.24) is 15.2 Å². The van der Waals surface area contributed by atoms with Gasteiger partial charge in [0.1, 0.15) is 16.5 Å². The van der Waals surface area contributed by atoms with Gasteiger partial charge in [-0.05, 0) is 31.2 Å². The monoisotopic (exact) mass is 317 g/mol. The number of rotatable bonds is 3. The molecule has 1 aromatic carbocycles. The lowest BCUT2D eigenvalue weighted by molar-refractivity contribution is 0.0650. The van der Waals surface area contributed by atoms with Gasteiger partial charge in [-0.15, -0.1) is 11.3 Å². The number of amides is 1. The molecular formula is C16H19N3O2S. The molecule has 1 amide bonds. The van der Waals surface area contributed by atoms with Crippen LogP contribution in [0.1, 0.15) is 17.4 Å². The van der Waals surface area contributed by atoms with Crippen LogP contribution < -0.4 is 10.1 Å². The number of thiazole rings is 1. The lowest BCUT2D eigenvalue weighted by atomic mass is 10.2. The molecular weight excluding hydrogens is 298 g/mol. The second-order valence-corrected chi connectivity index (χ2v) is 6.18. The maximum Gasteiger partial charge on any atom is 0.273 e. The number of nitrogens with one attached hydrogen (secondary N) is 1. The fourth-order valence-corrected chi connectivity index (χ4v) is 3.33. The summed E-state index contributed by atoms with van der Waals surface area (Å²) < 4.78 is 5.16. The molecule has 6 heteroatoms. The summed E-state index contributed by atoms with van der Waals surface area (Å²) in [6.07, 6.45) is 0. The van der Waals surface area contributed by atoms with E-state index in [4.69, 9.17) is 4.74 Å². The summed E-state index contributed by atoms with van der Waals surface area (Å²) in [6, 6.07) is 7.92. The Morgan fingerprint density at radius 1 is 1.41 bits per heavy atom. The highest BCUT2D eigenvalue weighted by atomic mass is 32.1. The second kappa shape index (κ2) is 6.46. The highest BCUT2D eigenvalue weighted by Gasteiger charge is 2.25. The molecule has 1 aromatic heterocycles. The van der Waals surface area contributed by atoms with E-state index in [9.17, 15) is 4.79 Å². The van der Waals surface area contributed by atoms with Crippen molar-refractivity contribution in [2.45, 2.75) is 13.0 Å². The normalized spacial score (nSPS) is 18.3. The van der Waals surface area contributed by atoms with Crippen molar-refractivity contribution in [1.29, 1.82) is 0 Å². The standard InChI is InChI=1S/C16H19N3O2S/c1-11-9-17-7-8-19(11)16(20)14-10-22-15(18-14)12-3-5-13(21-2)6-4-12/h3-6,10-11,17H,7-9H2,1-2H3/t11-/m1/s1. The summed E-state index contributed by atoms with van der Waals surface area (Å²) in [5.41, 5.74) is 1.53. The van der Waals surface area contributed by atoms with E-state index in [1.165, 1.54) is 11.3 Å². The zero-order valence-electron chi connectivity index (χ0n) is 12.7. The van der Waals surface area contributed by atoms with Gasteiger partial charge in [-0.2, -0.15) is 0 Å². The molecule has 0 bridgehead atoms. The second-order valence-electron chi connectivity index (χ2n) is 5.32. The van der Waals surface area contributed by atoms with Crippen LogP contribution in [0.2, 0.25) is 0 Å². The Kier molecular flexibility index (Phi) is 4.40. The third kappa shape index (κ3) is 2.98. The fraction of sp³-hybridized carbons (Fsp3) is 0.375. The van der Waals surface area contributed by atoms with Crippen molar-refractivity contribution in [2.24, 2.45) is 0 Å². The van der Waals surface area contributed by atoms with Gasteiger partial charge in [0.05, 0.1) is 7.11 Å². The SMILES string of the molecule is COc1ccc(-c2nc(C(=O)N3CCNC[C@H]3C)cs2)cc1. The minimum absolute atomic E-state index is 0.0185. The summed E-state index contributed by atoms with van der Waals surface area (Å²) in [7, 11) is 1.64. The van der Waals surface area contributed by atoms with Gasteiger partial charge in [0.2, 0.25) is 0 Å². The van der Waals surface area contributed by atoms with Gasteiger partial charge in [-0.1, -0.05) is 0 Å². The van der Waals surface area contributed by atoms with E-state index in [0.29, 0.717) is 5.69 Å². The number of methoxy groups -OCH3 is 1. The minimum atomic E-state index is 0.0185. The minimum Gasteiger partial charge on any atom is -0.497 e. The van der Waals surface area contributed by atoms with Crippen molar-refractivity contribution < 1.29 is 9.53 Å². The molecule has 0 aliphatic carbocycles. The first-order valence-electron chi connectivity index (χ1n) is 7.30. The van der Waals surface area contributed by atoms with Gasteiger partial charge in [-0.3, -0.25) is 4.79 Å². The van der Waals surface area contributed by atoms with E-state index in [0.717, 1.165) is 36.0 Å². The van der Waals surface area contributed by atoms with Crippen LogP contribution in [0.3, 0.4) is 0 Å². The molecule has 3 rings (SSSR count). The van der Waals surface area contributed by atoms with Crippen LogP contribution in [-0.4, -0.2) is 48.6 Å². The van der Waals surface area contributed by atoms with Gasteiger partial charge < -0.3 is 15.0 Å². The zero-order valence-corrected chi connectivity index (χ0v) is 13.5. The van der Waals surface area contributed by atoms with Crippen molar-refractivity contribution in [3.05, 3.63) is 35.3 Å². The Morgan fingerprint density at radius 2 is 2.18 bits per heavy atom. The number of piperazine rings is 1. The predicted octanol–water partition coefficient (Wildman–Crippen LogP) is 2.25. The zero-order chi connectivity index (χ0) is 15.5. The molecule has 116 valence electrons. The smallest absolute Gasteiger partial charge is 0.273 e. The van der Waals surface area contributed by atoms with Gasteiger partial charge in [-0.25, -0.2) is 4.98 Å². The van der Waals surface area contributed by atoms with Crippen molar-refractivity contribution in [2.75, 3.05) is 26.7 Å². The molecule has 1 aliphatic rings. The van der Waals surface area contributed by atoms with Crippen LogP contribution in [0, 0.1) is 0 Å². The van der Waals surface area contributed by atoms with E-state index in [1.807, 2.05) is 34.5 Å². The van der Waals surface area contributed by atoms with E-state index in [-0.39, 0.29) is 11.9 Å². The number of nitrogens with zero attached hydrogens (tertiary/aromatic N) is 2. The maximum absolute atomic E-state index is 12.6. The maximum atomic E-state index is 12.6. The van der Waals surface area contributed by atoms with Crippen LogP contribution in [-0.2, 0) is 0 Å². The van der Waals surface area contributed by atoms with Gasteiger partial charge in [0.25, 0.3) is 5.91 Å². The van der Waals surface area contributed by atoms with Gasteiger partial charge in [0.15, 0.2) is 0 Å². The largest absolute Gasteiger partial charge is 0.497 e. The summed E-state index contributed by atoms with van der Waals surface area (Å²) >= 11 is 1.49. The molecule has 22 heavy (non-hydrogen) atoms. The lowest BCUT2D eigenvalue weighted by Crippen LogP contribution is -2.52. The summed E-state index contributed by atoms with van der Waals surface area (Å²) in [5.74, 6) is 0.830. The first kappa shape index (κ1) is 15.0. The third-order valence-corrected chi connectivity index (χ3v) is 4.71. The van der Waals surface area contributed by atoms with Crippen molar-refractivity contribution in [3.8, 4) is 16.3 Å². The first-order valence-corrected chi connectivity index (χ1v) is 8.18. The van der Waals surface area contributed by atoms with E-state index >= 15 is 0 Å². The third-order valence-electron chi connectivity index (χ3n) is 3.82. The fourth-order valence-electron chi connectivity index (χ4n) is 2.53. The molecule has 1 N–H and O–H groups in total. The number of carbonyl (C=O) groups is 1. The van der Waals surface area contributed by atoms with Crippen molar-refractivity contribution in [3.63, 3.8) is 0 Å². The Balaban J connectivity index is 1.79. The Hall–Kier alpha value is -1.92. The van der Waals surface area contributed by atoms with Crippen LogP contribution in [0.25, 0.3) is 10.6 Å². The van der Waals surface area contributed by atoms with Crippen LogP contribution in [0.4, 0.5) is 0 Å². The van der Waals surface area contributed by atoms with E-state index in [2.05, 4.69) is 17.2 Å². The molecule has 0 saturated carbocycles. The number of ether oxygens (including phenoxy) is 1. The summed E-state index contributed by atoms with van der Waals surface area (Å²) in [4.78, 5) is 19.0. The molecule has 0 radical (unpaired) electrons. The van der Waals surface area contributed by atoms with E-state index in [1.54, 1.807) is 7.11 Å². The molecule has 0 unspecified atom stereocenters. The number of carbonyl (C=O) groups excluding carboxylic acids is 1. The molecule has 2 aromatic rings. The first-order chi connectivity index (χ1) is 10.7. The molecule has 1 fully saturated rings. The lowest BCUT2D eigenvalue weighted by Gasteiger charge is -2.33. The average Bonchev–Trinajstić information content (AvgIpc) is 3.05. The summed E-state index contributed by atoms with van der Waals surface area (Å²) in [6.45, 7) is 4.46. The average molecular weight is 317 g/mol. The quantitative estimate of drug-likeness (QED) is 0.943. The molecule has 0 spiro atoms. The number of benzene rings is 1. The highest BCUT2D eigenvalue weighted by molar-refractivity contribution is 7.13. The predicted molar refractivity (Wildman–Crippen MR) is 87.5 cm³/mol. The topological polar surface area (TPSA) is 54.5 Å². The molecule has 1 saturated heterocycles. The molecule has 2 heterocycles. The summed E-state index contributed by atoms with van der Waals surface area (Å²) in [5, 5.41) is 5.99. The van der Waals surface area contributed by atoms with Crippen LogP contribution >= 0.6 is 11.3 Å². The molecule has 1 aliphatic heterocycles. The van der Waals surface area contributed by atoms with Gasteiger partial charge >= 0.3 is 0 Å². The molecule has 1 atom stereocenters. The van der Waals surface area contributed by atoms with Crippen molar-refractivity contribution >= 4 is 17.2 Å². The van der Waals surface area contributed by atoms with Gasteiger partial charge in [0, 0.05) is 36.6 Å². The Bertz CT molecular complexity index is 654. The van der Waals surface area contributed by atoms with Crippen LogP contribution in [0.15, 0.2) is 29.6 Å². The Morgan fingerprint density at radius 3 is 2.86 bits per heavy atom. The number of hydrogen-bond donors (Lipinski definition) is 1.